The number of rotatable bonds is 4. The van der Waals surface area contributed by atoms with Crippen LogP contribution in [-0.2, 0) is 9.53 Å². The molecule has 7 heteroatoms. The number of ether oxygens (including phenoxy) is 1. The van der Waals surface area contributed by atoms with Crippen molar-refractivity contribution in [2.45, 2.75) is 32.9 Å². The third kappa shape index (κ3) is 3.98. The lowest BCUT2D eigenvalue weighted by molar-refractivity contribution is -0.152. The van der Waals surface area contributed by atoms with Crippen LogP contribution in [0, 0.1) is 0 Å². The van der Waals surface area contributed by atoms with Gasteiger partial charge in [-0.05, 0) is 32.9 Å². The first-order valence-corrected chi connectivity index (χ1v) is 7.87. The van der Waals surface area contributed by atoms with Gasteiger partial charge in [-0.25, -0.2) is 0 Å². The largest absolute Gasteiger partial charge is 0.465 e. The number of piperazine rings is 1. The van der Waals surface area contributed by atoms with Gasteiger partial charge in [0.25, 0.3) is 5.91 Å². The second-order valence-electron chi connectivity index (χ2n) is 5.83. The number of pyridine rings is 1. The van der Waals surface area contributed by atoms with Crippen molar-refractivity contribution >= 4 is 17.6 Å². The number of aromatic nitrogens is 1. The maximum Gasteiger partial charge on any atom is 0.325 e. The molecule has 1 saturated heterocycles. The molecular weight excluding hydrogens is 296 g/mol. The number of nitrogens with two attached hydrogens (primary N) is 1. The third-order valence-corrected chi connectivity index (χ3v) is 3.93. The lowest BCUT2D eigenvalue weighted by Gasteiger charge is -2.41. The molecule has 2 rings (SSSR count). The Bertz CT molecular complexity index is 576. The number of esters is 1. The second kappa shape index (κ2) is 7.41. The van der Waals surface area contributed by atoms with Crippen molar-refractivity contribution in [3.8, 4) is 0 Å². The van der Waals surface area contributed by atoms with Crippen LogP contribution < -0.4 is 5.73 Å². The van der Waals surface area contributed by atoms with Gasteiger partial charge in [0.05, 0.1) is 6.61 Å². The second-order valence-corrected chi connectivity index (χ2v) is 5.83. The smallest absolute Gasteiger partial charge is 0.325 e. The summed E-state index contributed by atoms with van der Waals surface area (Å²) in [6, 6.07) is 2.94. The van der Waals surface area contributed by atoms with E-state index >= 15 is 0 Å². The maximum atomic E-state index is 12.6. The number of anilines is 1. The zero-order valence-corrected chi connectivity index (χ0v) is 13.9. The highest BCUT2D eigenvalue weighted by Crippen LogP contribution is 2.17. The van der Waals surface area contributed by atoms with Crippen molar-refractivity contribution in [3.05, 3.63) is 24.0 Å². The zero-order chi connectivity index (χ0) is 17.0. The van der Waals surface area contributed by atoms with Crippen LogP contribution in [-0.4, -0.2) is 65.0 Å². The molecule has 1 fully saturated rings. The molecule has 0 saturated carbocycles. The van der Waals surface area contributed by atoms with Gasteiger partial charge >= 0.3 is 5.97 Å². The van der Waals surface area contributed by atoms with Crippen LogP contribution in [0.5, 0.6) is 0 Å². The van der Waals surface area contributed by atoms with Gasteiger partial charge in [0.1, 0.15) is 11.7 Å². The van der Waals surface area contributed by atoms with Crippen molar-refractivity contribution in [1.82, 2.24) is 14.8 Å². The Labute approximate surface area is 136 Å². The normalized spacial score (nSPS) is 19.0. The zero-order valence-electron chi connectivity index (χ0n) is 13.9. The Balaban J connectivity index is 2.16. The molecule has 1 unspecified atom stereocenters. The predicted octanol–water partition coefficient (Wildman–Crippen LogP) is 0.762. The van der Waals surface area contributed by atoms with Gasteiger partial charge in [0.2, 0.25) is 0 Å². The first-order chi connectivity index (χ1) is 10.9. The Morgan fingerprint density at radius 3 is 2.78 bits per heavy atom. The summed E-state index contributed by atoms with van der Waals surface area (Å²) in [6.45, 7) is 7.63. The van der Waals surface area contributed by atoms with Gasteiger partial charge in [-0.2, -0.15) is 0 Å². The van der Waals surface area contributed by atoms with E-state index in [4.69, 9.17) is 10.5 Å². The number of nitrogens with zero attached hydrogens (tertiary/aromatic N) is 3. The first-order valence-electron chi connectivity index (χ1n) is 7.87. The van der Waals surface area contributed by atoms with E-state index in [0.29, 0.717) is 37.6 Å². The van der Waals surface area contributed by atoms with E-state index in [-0.39, 0.29) is 17.9 Å². The number of nitrogen functional groups attached to an aromatic ring is 1. The molecule has 1 aromatic rings. The predicted molar refractivity (Wildman–Crippen MR) is 86.8 cm³/mol. The standard InChI is InChI=1S/C16H24N4O3/c1-4-23-16(22)14-10-19(7-8-20(14)11(2)3)15(21)13-9-12(17)5-6-18-13/h5-6,9,11,14H,4,7-8,10H2,1-3H3,(H2,17,18). The van der Waals surface area contributed by atoms with Crippen molar-refractivity contribution in [1.29, 1.82) is 0 Å². The molecule has 0 radical (unpaired) electrons. The molecule has 0 bridgehead atoms. The lowest BCUT2D eigenvalue weighted by atomic mass is 10.1. The molecule has 1 atom stereocenters. The molecule has 23 heavy (non-hydrogen) atoms. The Kier molecular flexibility index (Phi) is 5.54. The van der Waals surface area contributed by atoms with Crippen LogP contribution in [0.1, 0.15) is 31.3 Å². The quantitative estimate of drug-likeness (QED) is 0.824. The summed E-state index contributed by atoms with van der Waals surface area (Å²) in [5.41, 5.74) is 6.50. The molecule has 0 aliphatic carbocycles. The van der Waals surface area contributed by atoms with E-state index < -0.39 is 6.04 Å². The van der Waals surface area contributed by atoms with Crippen LogP contribution in [0.15, 0.2) is 18.3 Å². The fourth-order valence-corrected chi connectivity index (χ4v) is 2.77. The Morgan fingerprint density at radius 2 is 2.17 bits per heavy atom. The number of hydrogen-bond acceptors (Lipinski definition) is 6. The molecule has 1 aliphatic heterocycles. The summed E-state index contributed by atoms with van der Waals surface area (Å²) >= 11 is 0. The van der Waals surface area contributed by atoms with Gasteiger partial charge in [-0.3, -0.25) is 19.5 Å². The summed E-state index contributed by atoms with van der Waals surface area (Å²) in [5, 5.41) is 0. The summed E-state index contributed by atoms with van der Waals surface area (Å²) < 4.78 is 5.16. The van der Waals surface area contributed by atoms with Gasteiger partial charge in [0.15, 0.2) is 0 Å². The van der Waals surface area contributed by atoms with Crippen LogP contribution >= 0.6 is 0 Å². The highest BCUT2D eigenvalue weighted by molar-refractivity contribution is 5.93. The molecule has 1 amide bonds. The summed E-state index contributed by atoms with van der Waals surface area (Å²) in [4.78, 5) is 32.6. The van der Waals surface area contributed by atoms with Gasteiger partial charge in [0, 0.05) is 37.6 Å². The molecule has 7 nitrogen and oxygen atoms in total. The van der Waals surface area contributed by atoms with Crippen LogP contribution in [0.4, 0.5) is 5.69 Å². The van der Waals surface area contributed by atoms with Crippen LogP contribution in [0.25, 0.3) is 0 Å². The Morgan fingerprint density at radius 1 is 1.43 bits per heavy atom. The number of hydrogen-bond donors (Lipinski definition) is 1. The van der Waals surface area contributed by atoms with Crippen LogP contribution in [0.2, 0.25) is 0 Å². The highest BCUT2D eigenvalue weighted by Gasteiger charge is 2.36. The lowest BCUT2D eigenvalue weighted by Crippen LogP contribution is -2.60. The molecule has 0 aromatic carbocycles. The van der Waals surface area contributed by atoms with Crippen molar-refractivity contribution < 1.29 is 14.3 Å². The van der Waals surface area contributed by atoms with Gasteiger partial charge in [-0.15, -0.1) is 0 Å². The average Bonchev–Trinajstić information content (AvgIpc) is 2.53. The maximum absolute atomic E-state index is 12.6. The van der Waals surface area contributed by atoms with Gasteiger partial charge < -0.3 is 15.4 Å². The topological polar surface area (TPSA) is 88.8 Å². The molecule has 2 N–H and O–H groups in total. The average molecular weight is 320 g/mol. The first kappa shape index (κ1) is 17.2. The van der Waals surface area contributed by atoms with E-state index in [1.54, 1.807) is 24.0 Å². The van der Waals surface area contributed by atoms with Crippen molar-refractivity contribution in [2.24, 2.45) is 0 Å². The summed E-state index contributed by atoms with van der Waals surface area (Å²) in [5.74, 6) is -0.505. The molecule has 2 heterocycles. The molecular formula is C16H24N4O3. The third-order valence-electron chi connectivity index (χ3n) is 3.93. The number of carbonyl (C=O) groups excluding carboxylic acids is 2. The van der Waals surface area contributed by atoms with E-state index in [0.717, 1.165) is 0 Å². The van der Waals surface area contributed by atoms with Crippen molar-refractivity contribution in [3.63, 3.8) is 0 Å². The summed E-state index contributed by atoms with van der Waals surface area (Å²) in [7, 11) is 0. The van der Waals surface area contributed by atoms with Crippen molar-refractivity contribution in [2.75, 3.05) is 32.0 Å². The summed E-state index contributed by atoms with van der Waals surface area (Å²) in [6.07, 6.45) is 1.51. The van der Waals surface area contributed by atoms with Crippen LogP contribution in [0.3, 0.4) is 0 Å². The highest BCUT2D eigenvalue weighted by atomic mass is 16.5. The van der Waals surface area contributed by atoms with E-state index in [1.165, 1.54) is 6.20 Å². The monoisotopic (exact) mass is 320 g/mol. The minimum absolute atomic E-state index is 0.201. The minimum atomic E-state index is -0.450. The SMILES string of the molecule is CCOC(=O)C1CN(C(=O)c2cc(N)ccn2)CCN1C(C)C. The van der Waals surface area contributed by atoms with E-state index in [9.17, 15) is 9.59 Å². The molecule has 1 aromatic heterocycles. The van der Waals surface area contributed by atoms with E-state index in [1.807, 2.05) is 13.8 Å². The van der Waals surface area contributed by atoms with E-state index in [2.05, 4.69) is 9.88 Å². The number of amides is 1. The van der Waals surface area contributed by atoms with Gasteiger partial charge in [-0.1, -0.05) is 0 Å². The fraction of sp³-hybridized carbons (Fsp3) is 0.562. The fourth-order valence-electron chi connectivity index (χ4n) is 2.77. The minimum Gasteiger partial charge on any atom is -0.465 e. The Hall–Kier alpha value is -2.15. The molecule has 126 valence electrons. The number of carbonyl (C=O) groups is 2. The molecule has 0 spiro atoms. The molecule has 1 aliphatic rings.